The van der Waals surface area contributed by atoms with Crippen molar-refractivity contribution in [3.8, 4) is 17.2 Å². The Morgan fingerprint density at radius 1 is 0.741 bits per heavy atom. The smallest absolute Gasteiger partial charge is 0.251 e. The zero-order chi connectivity index (χ0) is 19.1. The molecule has 0 aliphatic heterocycles. The van der Waals surface area contributed by atoms with Gasteiger partial charge in [-0.25, -0.2) is 0 Å². The fourth-order valence-electron chi connectivity index (χ4n) is 2.41. The van der Waals surface area contributed by atoms with Crippen LogP contribution in [0.3, 0.4) is 0 Å². The molecule has 0 bridgehead atoms. The Morgan fingerprint density at radius 3 is 1.93 bits per heavy atom. The number of rotatable bonds is 7. The van der Waals surface area contributed by atoms with Gasteiger partial charge in [-0.05, 0) is 60.7 Å². The Kier molecular flexibility index (Phi) is 5.84. The summed E-state index contributed by atoms with van der Waals surface area (Å²) in [7, 11) is 1.57. The fraction of sp³-hybridized carbons (Fsp3) is 0.0909. The van der Waals surface area contributed by atoms with Gasteiger partial charge < -0.3 is 14.8 Å². The number of carbonyl (C=O) groups is 2. The lowest BCUT2D eigenvalue weighted by molar-refractivity contribution is 0.0919. The second-order valence-corrected chi connectivity index (χ2v) is 5.75. The maximum atomic E-state index is 12.3. The van der Waals surface area contributed by atoms with Gasteiger partial charge in [-0.2, -0.15) is 0 Å². The summed E-state index contributed by atoms with van der Waals surface area (Å²) in [5.74, 6) is 1.61. The Morgan fingerprint density at radius 2 is 1.30 bits per heavy atom. The molecule has 0 fully saturated rings. The molecule has 0 aromatic heterocycles. The van der Waals surface area contributed by atoms with Crippen molar-refractivity contribution in [1.29, 1.82) is 0 Å². The molecule has 0 radical (unpaired) electrons. The molecule has 3 aromatic carbocycles. The number of amides is 1. The van der Waals surface area contributed by atoms with Gasteiger partial charge >= 0.3 is 0 Å². The van der Waals surface area contributed by atoms with Crippen LogP contribution in [0, 0.1) is 0 Å². The Labute approximate surface area is 157 Å². The molecule has 27 heavy (non-hydrogen) atoms. The molecule has 3 aromatic rings. The molecule has 3 rings (SSSR count). The molecule has 1 amide bonds. The monoisotopic (exact) mass is 361 g/mol. The second-order valence-electron chi connectivity index (χ2n) is 5.75. The van der Waals surface area contributed by atoms with E-state index in [9.17, 15) is 9.59 Å². The Balaban J connectivity index is 1.55. The lowest BCUT2D eigenvalue weighted by Gasteiger charge is -2.08. The van der Waals surface area contributed by atoms with Crippen LogP contribution in [-0.2, 0) is 0 Å². The number of benzene rings is 3. The Bertz CT molecular complexity index is 903. The molecule has 0 unspecified atom stereocenters. The third-order valence-corrected chi connectivity index (χ3v) is 3.87. The van der Waals surface area contributed by atoms with E-state index >= 15 is 0 Å². The molecular weight excluding hydrogens is 342 g/mol. The Hall–Kier alpha value is -3.60. The van der Waals surface area contributed by atoms with Crippen LogP contribution in [0.1, 0.15) is 20.7 Å². The maximum absolute atomic E-state index is 12.3. The summed E-state index contributed by atoms with van der Waals surface area (Å²) >= 11 is 0. The van der Waals surface area contributed by atoms with Crippen molar-refractivity contribution in [3.05, 3.63) is 90.0 Å². The zero-order valence-electron chi connectivity index (χ0n) is 14.8. The van der Waals surface area contributed by atoms with Crippen LogP contribution in [0.5, 0.6) is 17.2 Å². The van der Waals surface area contributed by atoms with Gasteiger partial charge in [0.1, 0.15) is 17.2 Å². The molecule has 5 nitrogen and oxygen atoms in total. The van der Waals surface area contributed by atoms with Gasteiger partial charge in [0.25, 0.3) is 5.91 Å². The van der Waals surface area contributed by atoms with Crippen LogP contribution < -0.4 is 14.8 Å². The largest absolute Gasteiger partial charge is 0.485 e. The summed E-state index contributed by atoms with van der Waals surface area (Å²) in [6, 6.07) is 23.0. The van der Waals surface area contributed by atoms with Crippen molar-refractivity contribution in [2.75, 3.05) is 13.7 Å². The second kappa shape index (κ2) is 8.67. The van der Waals surface area contributed by atoms with E-state index in [2.05, 4.69) is 5.32 Å². The molecule has 0 atom stereocenters. The van der Waals surface area contributed by atoms with Crippen LogP contribution in [0.4, 0.5) is 0 Å². The molecule has 0 heterocycles. The highest BCUT2D eigenvalue weighted by Gasteiger charge is 2.08. The van der Waals surface area contributed by atoms with E-state index in [0.717, 1.165) is 5.75 Å². The number of ether oxygens (including phenoxy) is 2. The zero-order valence-corrected chi connectivity index (χ0v) is 14.8. The van der Waals surface area contributed by atoms with Gasteiger partial charge in [-0.1, -0.05) is 18.2 Å². The first kappa shape index (κ1) is 18.2. The summed E-state index contributed by atoms with van der Waals surface area (Å²) in [4.78, 5) is 23.8. The lowest BCUT2D eigenvalue weighted by Crippen LogP contribution is -2.17. The predicted molar refractivity (Wildman–Crippen MR) is 103 cm³/mol. The highest BCUT2D eigenvalue weighted by molar-refractivity contribution is 5.97. The summed E-state index contributed by atoms with van der Waals surface area (Å²) in [5.41, 5.74) is 1.07. The van der Waals surface area contributed by atoms with Crippen LogP contribution >= 0.6 is 0 Å². The van der Waals surface area contributed by atoms with E-state index in [0.29, 0.717) is 22.6 Å². The summed E-state index contributed by atoms with van der Waals surface area (Å²) < 4.78 is 11.2. The van der Waals surface area contributed by atoms with E-state index in [4.69, 9.17) is 9.47 Å². The summed E-state index contributed by atoms with van der Waals surface area (Å²) in [6.07, 6.45) is 0. The first-order valence-electron chi connectivity index (χ1n) is 8.47. The number of hydrogen-bond donors (Lipinski definition) is 1. The molecule has 0 saturated heterocycles. The van der Waals surface area contributed by atoms with Crippen molar-refractivity contribution in [2.45, 2.75) is 0 Å². The van der Waals surface area contributed by atoms with Gasteiger partial charge in [0.05, 0.1) is 0 Å². The molecule has 5 heteroatoms. The average molecular weight is 361 g/mol. The number of ketones is 1. The molecule has 0 spiro atoms. The van der Waals surface area contributed by atoms with Crippen molar-refractivity contribution in [1.82, 2.24) is 5.32 Å². The molecule has 1 N–H and O–H groups in total. The first-order valence-corrected chi connectivity index (χ1v) is 8.47. The van der Waals surface area contributed by atoms with E-state index in [1.807, 2.05) is 30.3 Å². The lowest BCUT2D eigenvalue weighted by atomic mass is 10.1. The number of nitrogens with one attached hydrogen (secondary N) is 1. The van der Waals surface area contributed by atoms with Crippen molar-refractivity contribution in [2.24, 2.45) is 0 Å². The summed E-state index contributed by atoms with van der Waals surface area (Å²) in [5, 5.41) is 2.55. The molecule has 136 valence electrons. The fourth-order valence-corrected chi connectivity index (χ4v) is 2.41. The number of hydrogen-bond acceptors (Lipinski definition) is 4. The van der Waals surface area contributed by atoms with Gasteiger partial charge in [-0.15, -0.1) is 0 Å². The minimum atomic E-state index is -0.171. The minimum Gasteiger partial charge on any atom is -0.485 e. The van der Waals surface area contributed by atoms with Gasteiger partial charge in [0.15, 0.2) is 12.4 Å². The van der Waals surface area contributed by atoms with Gasteiger partial charge in [0, 0.05) is 18.2 Å². The van der Waals surface area contributed by atoms with Crippen LogP contribution in [0.25, 0.3) is 0 Å². The molecule has 0 aliphatic rings. The number of Topliss-reactive ketones (excluding diaryl/α,β-unsaturated/α-hetero) is 1. The highest BCUT2D eigenvalue weighted by atomic mass is 16.5. The van der Waals surface area contributed by atoms with Gasteiger partial charge in [-0.3, -0.25) is 9.59 Å². The minimum absolute atomic E-state index is 0.0851. The third kappa shape index (κ3) is 4.95. The predicted octanol–water partition coefficient (Wildman–Crippen LogP) is 4.10. The SMILES string of the molecule is CNC(=O)c1ccc(OCC(=O)c2ccc(Oc3ccccc3)cc2)cc1. The van der Waals surface area contributed by atoms with E-state index in [1.54, 1.807) is 55.6 Å². The number of carbonyl (C=O) groups excluding carboxylic acids is 2. The topological polar surface area (TPSA) is 64.6 Å². The first-order chi connectivity index (χ1) is 13.2. The maximum Gasteiger partial charge on any atom is 0.251 e. The third-order valence-electron chi connectivity index (χ3n) is 3.87. The van der Waals surface area contributed by atoms with Crippen LogP contribution in [-0.4, -0.2) is 25.3 Å². The van der Waals surface area contributed by atoms with Crippen LogP contribution in [0.15, 0.2) is 78.9 Å². The molecule has 0 saturated carbocycles. The van der Waals surface area contributed by atoms with E-state index in [1.165, 1.54) is 0 Å². The van der Waals surface area contributed by atoms with Crippen molar-refractivity contribution >= 4 is 11.7 Å². The van der Waals surface area contributed by atoms with Gasteiger partial charge in [0.2, 0.25) is 0 Å². The quantitative estimate of drug-likeness (QED) is 0.644. The van der Waals surface area contributed by atoms with Crippen LogP contribution in [0.2, 0.25) is 0 Å². The van der Waals surface area contributed by atoms with Crippen molar-refractivity contribution < 1.29 is 19.1 Å². The highest BCUT2D eigenvalue weighted by Crippen LogP contribution is 2.21. The van der Waals surface area contributed by atoms with E-state index < -0.39 is 0 Å². The van der Waals surface area contributed by atoms with Crippen molar-refractivity contribution in [3.63, 3.8) is 0 Å². The summed E-state index contributed by atoms with van der Waals surface area (Å²) in [6.45, 7) is -0.0851. The molecule has 0 aliphatic carbocycles. The average Bonchev–Trinajstić information content (AvgIpc) is 2.73. The number of para-hydroxylation sites is 1. The normalized spacial score (nSPS) is 10.1. The van der Waals surface area contributed by atoms with E-state index in [-0.39, 0.29) is 18.3 Å². The molecular formula is C22H19NO4. The standard InChI is InChI=1S/C22H19NO4/c1-23-22(25)17-9-11-18(12-10-17)26-15-21(24)16-7-13-20(14-8-16)27-19-5-3-2-4-6-19/h2-14H,15H2,1H3,(H,23,25).